The number of carbonyl (C=O) groups is 2. The SMILES string of the molecule is CC(C)(C)OC(=O)N1CCN(c2ccc(C#N)cc2Oc2nccc(C(N)=O)n2)CC1. The Balaban J connectivity index is 1.78. The highest BCUT2D eigenvalue weighted by molar-refractivity contribution is 5.90. The van der Waals surface area contributed by atoms with Gasteiger partial charge < -0.3 is 25.0 Å². The van der Waals surface area contributed by atoms with Crippen LogP contribution in [0.1, 0.15) is 36.8 Å². The maximum Gasteiger partial charge on any atom is 0.410 e. The van der Waals surface area contributed by atoms with E-state index in [0.717, 1.165) is 5.69 Å². The summed E-state index contributed by atoms with van der Waals surface area (Å²) in [5.74, 6) is -0.331. The van der Waals surface area contributed by atoms with Gasteiger partial charge >= 0.3 is 12.1 Å². The maximum absolute atomic E-state index is 12.3. The van der Waals surface area contributed by atoms with Gasteiger partial charge in [0, 0.05) is 38.4 Å². The number of carbonyl (C=O) groups excluding carboxylic acids is 2. The van der Waals surface area contributed by atoms with Crippen molar-refractivity contribution >= 4 is 17.7 Å². The van der Waals surface area contributed by atoms with Crippen LogP contribution < -0.4 is 15.4 Å². The Labute approximate surface area is 180 Å². The highest BCUT2D eigenvalue weighted by atomic mass is 16.6. The van der Waals surface area contributed by atoms with Crippen LogP contribution in [-0.2, 0) is 4.74 Å². The summed E-state index contributed by atoms with van der Waals surface area (Å²) in [5, 5.41) is 9.27. The van der Waals surface area contributed by atoms with Crippen LogP contribution in [0.2, 0.25) is 0 Å². The Morgan fingerprint density at radius 3 is 2.48 bits per heavy atom. The number of hydrogen-bond acceptors (Lipinski definition) is 8. The molecule has 0 atom stereocenters. The molecule has 162 valence electrons. The second-order valence-electron chi connectivity index (χ2n) is 7.94. The molecule has 2 N–H and O–H groups in total. The number of nitrogens with two attached hydrogens (primary N) is 1. The monoisotopic (exact) mass is 424 g/mol. The predicted octanol–water partition coefficient (Wildman–Crippen LogP) is 2.30. The van der Waals surface area contributed by atoms with Crippen LogP contribution in [-0.4, -0.2) is 58.6 Å². The first-order valence-electron chi connectivity index (χ1n) is 9.74. The molecule has 1 aliphatic rings. The molecule has 1 aromatic heterocycles. The van der Waals surface area contributed by atoms with E-state index in [0.29, 0.717) is 37.5 Å². The Morgan fingerprint density at radius 1 is 1.16 bits per heavy atom. The number of hydrogen-bond donors (Lipinski definition) is 1. The number of anilines is 1. The molecule has 0 aliphatic carbocycles. The van der Waals surface area contributed by atoms with E-state index in [9.17, 15) is 14.9 Å². The number of primary amides is 1. The van der Waals surface area contributed by atoms with E-state index >= 15 is 0 Å². The second kappa shape index (κ2) is 8.87. The molecule has 31 heavy (non-hydrogen) atoms. The van der Waals surface area contributed by atoms with Crippen LogP contribution in [0, 0.1) is 11.3 Å². The van der Waals surface area contributed by atoms with Crippen molar-refractivity contribution in [3.05, 3.63) is 41.7 Å². The van der Waals surface area contributed by atoms with Crippen molar-refractivity contribution in [2.75, 3.05) is 31.1 Å². The minimum atomic E-state index is -0.698. The topological polar surface area (TPSA) is 135 Å². The van der Waals surface area contributed by atoms with E-state index < -0.39 is 11.5 Å². The molecule has 1 aromatic carbocycles. The van der Waals surface area contributed by atoms with Crippen LogP contribution in [0.25, 0.3) is 0 Å². The van der Waals surface area contributed by atoms with Gasteiger partial charge in [0.2, 0.25) is 0 Å². The second-order valence-corrected chi connectivity index (χ2v) is 7.94. The molecule has 2 heterocycles. The highest BCUT2D eigenvalue weighted by Crippen LogP contribution is 2.33. The molecule has 0 spiro atoms. The van der Waals surface area contributed by atoms with E-state index in [4.69, 9.17) is 15.2 Å². The van der Waals surface area contributed by atoms with Gasteiger partial charge in [0.1, 0.15) is 11.3 Å². The lowest BCUT2D eigenvalue weighted by Gasteiger charge is -2.37. The van der Waals surface area contributed by atoms with Gasteiger partial charge in [-0.05, 0) is 39.0 Å². The van der Waals surface area contributed by atoms with Gasteiger partial charge in [-0.15, -0.1) is 0 Å². The van der Waals surface area contributed by atoms with Crippen LogP contribution in [0.15, 0.2) is 30.5 Å². The van der Waals surface area contributed by atoms with Crippen LogP contribution >= 0.6 is 0 Å². The standard InChI is InChI=1S/C21H24N6O4/c1-21(2,3)31-20(29)27-10-8-26(9-11-27)16-5-4-14(13-22)12-17(16)30-19-24-7-6-15(25-19)18(23)28/h4-7,12H,8-11H2,1-3H3,(H2,23,28). The maximum atomic E-state index is 12.3. The van der Waals surface area contributed by atoms with E-state index in [2.05, 4.69) is 16.0 Å². The first-order valence-corrected chi connectivity index (χ1v) is 9.74. The third-order valence-electron chi connectivity index (χ3n) is 4.45. The van der Waals surface area contributed by atoms with Gasteiger partial charge in [-0.1, -0.05) is 0 Å². The zero-order valence-corrected chi connectivity index (χ0v) is 17.7. The minimum absolute atomic E-state index is 0.0222. The summed E-state index contributed by atoms with van der Waals surface area (Å²) in [6.07, 6.45) is 1.02. The number of aromatic nitrogens is 2. The fourth-order valence-corrected chi connectivity index (χ4v) is 3.01. The van der Waals surface area contributed by atoms with Gasteiger partial charge in [-0.2, -0.15) is 10.2 Å². The number of benzene rings is 1. The van der Waals surface area contributed by atoms with E-state index in [-0.39, 0.29) is 17.8 Å². The average molecular weight is 424 g/mol. The summed E-state index contributed by atoms with van der Waals surface area (Å²) in [6.45, 7) is 7.53. The lowest BCUT2D eigenvalue weighted by Crippen LogP contribution is -2.50. The van der Waals surface area contributed by atoms with Crippen molar-refractivity contribution < 1.29 is 19.1 Å². The summed E-state index contributed by atoms with van der Waals surface area (Å²) in [4.78, 5) is 35.4. The Morgan fingerprint density at radius 2 is 1.87 bits per heavy atom. The van der Waals surface area contributed by atoms with Crippen LogP contribution in [0.5, 0.6) is 11.8 Å². The fourth-order valence-electron chi connectivity index (χ4n) is 3.01. The van der Waals surface area contributed by atoms with Gasteiger partial charge in [-0.3, -0.25) is 4.79 Å². The van der Waals surface area contributed by atoms with Gasteiger partial charge in [0.25, 0.3) is 5.91 Å². The number of piperazine rings is 1. The summed E-state index contributed by atoms with van der Waals surface area (Å²) < 4.78 is 11.2. The Kier molecular flexibility index (Phi) is 6.25. The van der Waals surface area contributed by atoms with Crippen LogP contribution in [0.4, 0.5) is 10.5 Å². The highest BCUT2D eigenvalue weighted by Gasteiger charge is 2.27. The number of nitrogens with zero attached hydrogens (tertiary/aromatic N) is 5. The fraction of sp³-hybridized carbons (Fsp3) is 0.381. The average Bonchev–Trinajstić information content (AvgIpc) is 2.73. The van der Waals surface area contributed by atoms with Crippen molar-refractivity contribution in [3.8, 4) is 17.8 Å². The quantitative estimate of drug-likeness (QED) is 0.790. The van der Waals surface area contributed by atoms with Gasteiger partial charge in [-0.25, -0.2) is 9.78 Å². The number of amides is 2. The molecule has 0 unspecified atom stereocenters. The van der Waals surface area contributed by atoms with E-state index in [1.54, 1.807) is 23.1 Å². The van der Waals surface area contributed by atoms with Gasteiger partial charge in [0.15, 0.2) is 5.75 Å². The molecule has 1 fully saturated rings. The largest absolute Gasteiger partial charge is 0.444 e. The van der Waals surface area contributed by atoms with Gasteiger partial charge in [0.05, 0.1) is 17.3 Å². The first kappa shape index (κ1) is 21.8. The van der Waals surface area contributed by atoms with Crippen molar-refractivity contribution in [3.63, 3.8) is 0 Å². The summed E-state index contributed by atoms with van der Waals surface area (Å²) in [5.41, 5.74) is 5.85. The number of nitriles is 1. The molecule has 10 nitrogen and oxygen atoms in total. The van der Waals surface area contributed by atoms with Crippen molar-refractivity contribution in [2.24, 2.45) is 5.73 Å². The normalized spacial score (nSPS) is 14.0. The number of ether oxygens (including phenoxy) is 2. The van der Waals surface area contributed by atoms with Crippen molar-refractivity contribution in [1.82, 2.24) is 14.9 Å². The van der Waals surface area contributed by atoms with E-state index in [1.165, 1.54) is 12.3 Å². The lowest BCUT2D eigenvalue weighted by atomic mass is 10.1. The van der Waals surface area contributed by atoms with E-state index in [1.807, 2.05) is 25.7 Å². The molecular formula is C21H24N6O4. The molecule has 10 heteroatoms. The summed E-state index contributed by atoms with van der Waals surface area (Å²) in [6, 6.07) is 8.44. The lowest BCUT2D eigenvalue weighted by molar-refractivity contribution is 0.0240. The zero-order chi connectivity index (χ0) is 22.6. The Bertz CT molecular complexity index is 1020. The summed E-state index contributed by atoms with van der Waals surface area (Å²) >= 11 is 0. The molecule has 2 aromatic rings. The minimum Gasteiger partial charge on any atom is -0.444 e. The van der Waals surface area contributed by atoms with Crippen molar-refractivity contribution in [2.45, 2.75) is 26.4 Å². The number of rotatable bonds is 4. The zero-order valence-electron chi connectivity index (χ0n) is 17.7. The molecule has 0 radical (unpaired) electrons. The van der Waals surface area contributed by atoms with Crippen molar-refractivity contribution in [1.29, 1.82) is 5.26 Å². The summed E-state index contributed by atoms with van der Waals surface area (Å²) in [7, 11) is 0. The molecule has 0 saturated carbocycles. The molecule has 1 saturated heterocycles. The molecule has 2 amide bonds. The first-order chi connectivity index (χ1) is 14.7. The molecule has 1 aliphatic heterocycles. The predicted molar refractivity (Wildman–Crippen MR) is 112 cm³/mol. The van der Waals surface area contributed by atoms with Crippen LogP contribution in [0.3, 0.4) is 0 Å². The Hall–Kier alpha value is -3.87. The smallest absolute Gasteiger partial charge is 0.410 e. The third kappa shape index (κ3) is 5.60. The molecule has 0 bridgehead atoms. The third-order valence-corrected chi connectivity index (χ3v) is 4.45. The molecular weight excluding hydrogens is 400 g/mol. The molecule has 3 rings (SSSR count).